The average molecular weight is 465 g/mol. The second-order valence-corrected chi connectivity index (χ2v) is 10.4. The summed E-state index contributed by atoms with van der Waals surface area (Å²) >= 11 is 5.66. The highest BCUT2D eigenvalue weighted by atomic mass is 32.1. The summed E-state index contributed by atoms with van der Waals surface area (Å²) in [6.07, 6.45) is 1.69. The predicted octanol–water partition coefficient (Wildman–Crippen LogP) is 3.94. The number of H-pyrrole nitrogens is 1. The number of nitriles is 1. The van der Waals surface area contributed by atoms with E-state index in [-0.39, 0.29) is 5.60 Å². The quantitative estimate of drug-likeness (QED) is 0.692. The molecule has 4 rings (SSSR count). The summed E-state index contributed by atoms with van der Waals surface area (Å²) in [5.74, 6) is 1.46. The number of anilines is 2. The van der Waals surface area contributed by atoms with Crippen LogP contribution in [0.15, 0.2) is 30.3 Å². The molecule has 2 aromatic rings. The number of hydrogen-bond donors (Lipinski definition) is 1. The second kappa shape index (κ2) is 9.66. The lowest BCUT2D eigenvalue weighted by atomic mass is 9.86. The van der Waals surface area contributed by atoms with Crippen molar-refractivity contribution in [3.8, 4) is 6.07 Å². The Bertz CT molecular complexity index is 1050. The number of ether oxygens (including phenoxy) is 1. The Morgan fingerprint density at radius 3 is 2.52 bits per heavy atom. The molecule has 1 aromatic carbocycles. The highest BCUT2D eigenvalue weighted by Gasteiger charge is 2.36. The Kier molecular flexibility index (Phi) is 6.87. The smallest absolute Gasteiger partial charge is 0.293 e. The van der Waals surface area contributed by atoms with E-state index in [4.69, 9.17) is 17.0 Å². The first-order chi connectivity index (χ1) is 15.8. The number of rotatable bonds is 4. The fourth-order valence-corrected chi connectivity index (χ4v) is 4.97. The highest BCUT2D eigenvalue weighted by molar-refractivity contribution is 7.80. The van der Waals surface area contributed by atoms with Gasteiger partial charge in [0.2, 0.25) is 0 Å². The van der Waals surface area contributed by atoms with Crippen LogP contribution in [0, 0.1) is 17.2 Å². The Morgan fingerprint density at radius 1 is 1.18 bits per heavy atom. The van der Waals surface area contributed by atoms with Gasteiger partial charge in [-0.1, -0.05) is 32.0 Å². The summed E-state index contributed by atoms with van der Waals surface area (Å²) in [7, 11) is 0. The van der Waals surface area contributed by atoms with Crippen molar-refractivity contribution in [2.24, 2.45) is 5.92 Å². The van der Waals surface area contributed by atoms with E-state index in [1.807, 2.05) is 30.3 Å². The van der Waals surface area contributed by atoms with Crippen LogP contribution in [0.1, 0.15) is 50.1 Å². The highest BCUT2D eigenvalue weighted by Crippen LogP contribution is 2.34. The number of aromatic nitrogens is 1. The summed E-state index contributed by atoms with van der Waals surface area (Å²) in [6, 6.07) is 12.6. The van der Waals surface area contributed by atoms with E-state index in [1.165, 1.54) is 11.3 Å². The van der Waals surface area contributed by atoms with E-state index in [0.717, 1.165) is 66.8 Å². The number of nitrogens with one attached hydrogen (secondary N) is 2. The van der Waals surface area contributed by atoms with Crippen LogP contribution >= 0.6 is 12.2 Å². The molecular weight excluding hydrogens is 430 g/mol. The van der Waals surface area contributed by atoms with Crippen molar-refractivity contribution in [3.05, 3.63) is 52.7 Å². The fraction of sp³-hybridized carbons (Fsp3) is 0.500. The Balaban J connectivity index is 1.56. The Morgan fingerprint density at radius 2 is 1.88 bits per heavy atom. The van der Waals surface area contributed by atoms with E-state index in [1.54, 1.807) is 0 Å². The van der Waals surface area contributed by atoms with Crippen LogP contribution in [0.4, 0.5) is 11.5 Å². The van der Waals surface area contributed by atoms with Gasteiger partial charge in [-0.2, -0.15) is 5.26 Å². The zero-order valence-corrected chi connectivity index (χ0v) is 20.9. The summed E-state index contributed by atoms with van der Waals surface area (Å²) in [4.78, 5) is 8.18. The third-order valence-corrected chi connectivity index (χ3v) is 6.74. The molecule has 0 radical (unpaired) electrons. The number of pyridine rings is 1. The molecule has 33 heavy (non-hydrogen) atoms. The lowest BCUT2D eigenvalue weighted by Gasteiger charge is -2.35. The van der Waals surface area contributed by atoms with Gasteiger partial charge in [0.15, 0.2) is 5.11 Å². The molecule has 0 atom stereocenters. The largest absolute Gasteiger partial charge is 0.370 e. The molecule has 0 amide bonds. The van der Waals surface area contributed by atoms with Gasteiger partial charge < -0.3 is 15.0 Å². The number of fused-ring (bicyclic) bond motifs is 1. The molecule has 174 valence electrons. The van der Waals surface area contributed by atoms with Gasteiger partial charge in [0, 0.05) is 24.1 Å². The van der Waals surface area contributed by atoms with Gasteiger partial charge in [0.05, 0.1) is 25.3 Å². The summed E-state index contributed by atoms with van der Waals surface area (Å²) in [5.41, 5.74) is 5.04. The minimum atomic E-state index is -0.264. The van der Waals surface area contributed by atoms with Crippen LogP contribution in [0.2, 0.25) is 0 Å². The van der Waals surface area contributed by atoms with Crippen molar-refractivity contribution in [3.63, 3.8) is 0 Å². The molecule has 0 saturated carbocycles. The van der Waals surface area contributed by atoms with Crippen molar-refractivity contribution in [1.82, 2.24) is 4.90 Å². The zero-order valence-electron chi connectivity index (χ0n) is 20.1. The van der Waals surface area contributed by atoms with E-state index < -0.39 is 0 Å². The topological polar surface area (TPSA) is 65.7 Å². The monoisotopic (exact) mass is 464 g/mol. The lowest BCUT2D eigenvalue weighted by Crippen LogP contribution is -2.52. The summed E-state index contributed by atoms with van der Waals surface area (Å²) in [5, 5.41) is 14.3. The maximum atomic E-state index is 10.2. The van der Waals surface area contributed by atoms with Gasteiger partial charge in [-0.15, -0.1) is 0 Å². The van der Waals surface area contributed by atoms with Gasteiger partial charge in [-0.3, -0.25) is 4.90 Å². The van der Waals surface area contributed by atoms with Gasteiger partial charge >= 0.3 is 0 Å². The molecule has 3 heterocycles. The summed E-state index contributed by atoms with van der Waals surface area (Å²) < 4.78 is 6.12. The first-order valence-electron chi connectivity index (χ1n) is 11.8. The number of aromatic amines is 1. The molecule has 2 aliphatic rings. The number of thiocarbonyl (C=S) groups is 1. The van der Waals surface area contributed by atoms with Crippen LogP contribution in [0.25, 0.3) is 0 Å². The van der Waals surface area contributed by atoms with Gasteiger partial charge in [0.1, 0.15) is 30.4 Å². The molecular formula is C26H34N5OS+. The van der Waals surface area contributed by atoms with Gasteiger partial charge in [0.25, 0.3) is 5.82 Å². The molecule has 2 N–H and O–H groups in total. The third kappa shape index (κ3) is 5.29. The number of benzene rings is 1. The van der Waals surface area contributed by atoms with Crippen molar-refractivity contribution >= 4 is 28.8 Å². The van der Waals surface area contributed by atoms with Crippen LogP contribution in [0.3, 0.4) is 0 Å². The molecule has 0 unspecified atom stereocenters. The number of para-hydroxylation sites is 1. The molecule has 7 heteroatoms. The molecule has 2 aliphatic heterocycles. The molecule has 1 saturated heterocycles. The van der Waals surface area contributed by atoms with Crippen LogP contribution in [-0.2, 0) is 24.2 Å². The first-order valence-corrected chi connectivity index (χ1v) is 12.2. The molecule has 6 nitrogen and oxygen atoms in total. The number of piperazine rings is 1. The number of hydrogen-bond acceptors (Lipinski definition) is 4. The van der Waals surface area contributed by atoms with E-state index >= 15 is 0 Å². The normalized spacial score (nSPS) is 17.5. The van der Waals surface area contributed by atoms with E-state index in [9.17, 15) is 5.26 Å². The lowest BCUT2D eigenvalue weighted by molar-refractivity contribution is -0.379. The molecule has 0 spiro atoms. The van der Waals surface area contributed by atoms with Crippen molar-refractivity contribution in [2.45, 2.75) is 52.7 Å². The maximum Gasteiger partial charge on any atom is 0.293 e. The van der Waals surface area contributed by atoms with Crippen molar-refractivity contribution in [1.29, 1.82) is 5.26 Å². The zero-order chi connectivity index (χ0) is 23.6. The molecule has 0 bridgehead atoms. The van der Waals surface area contributed by atoms with E-state index in [0.29, 0.717) is 12.5 Å². The second-order valence-electron chi connectivity index (χ2n) is 9.99. The SMILES string of the molecule is CC(C)Cc1[nH+]c(N2CCN(C(=S)Nc3ccccc3)CC2)c(C#N)c2c1COC(C)(C)C2. The minimum absolute atomic E-state index is 0.264. The van der Waals surface area contributed by atoms with Crippen LogP contribution in [0.5, 0.6) is 0 Å². The van der Waals surface area contributed by atoms with Gasteiger partial charge in [-0.05, 0) is 49.7 Å². The Labute approximate surface area is 202 Å². The van der Waals surface area contributed by atoms with Crippen LogP contribution in [-0.4, -0.2) is 41.8 Å². The summed E-state index contributed by atoms with van der Waals surface area (Å²) in [6.45, 7) is 12.5. The Hall–Kier alpha value is -2.69. The molecule has 1 fully saturated rings. The molecule has 0 aliphatic carbocycles. The minimum Gasteiger partial charge on any atom is -0.370 e. The van der Waals surface area contributed by atoms with Crippen molar-refractivity contribution in [2.75, 3.05) is 36.4 Å². The first kappa shape index (κ1) is 23.5. The third-order valence-electron chi connectivity index (χ3n) is 6.38. The maximum absolute atomic E-state index is 10.2. The average Bonchev–Trinajstić information content (AvgIpc) is 2.78. The fourth-order valence-electron chi connectivity index (χ4n) is 4.67. The predicted molar refractivity (Wildman–Crippen MR) is 135 cm³/mol. The van der Waals surface area contributed by atoms with Crippen LogP contribution < -0.4 is 15.2 Å². The standard InChI is InChI=1S/C26H33N5OS/c1-18(2)14-23-22-17-32-26(3,4)15-20(22)21(16-27)24(29-23)30-10-12-31(13-11-30)25(33)28-19-8-6-5-7-9-19/h5-9,18H,10-15,17H2,1-4H3,(H,28,33)/p+1. The molecule has 1 aromatic heterocycles. The number of nitrogens with zero attached hydrogens (tertiary/aromatic N) is 3. The van der Waals surface area contributed by atoms with E-state index in [2.05, 4.69) is 53.9 Å². The van der Waals surface area contributed by atoms with Crippen molar-refractivity contribution < 1.29 is 9.72 Å². The van der Waals surface area contributed by atoms with Gasteiger partial charge in [-0.25, -0.2) is 4.98 Å².